The van der Waals surface area contributed by atoms with Crippen LogP contribution in [0.2, 0.25) is 0 Å². The van der Waals surface area contributed by atoms with Gasteiger partial charge in [-0.2, -0.15) is 0 Å². The van der Waals surface area contributed by atoms with Crippen molar-refractivity contribution in [3.8, 4) is 5.75 Å². The molecule has 0 bridgehead atoms. The topological polar surface area (TPSA) is 29.5 Å². The van der Waals surface area contributed by atoms with Gasteiger partial charge in [-0.1, -0.05) is 12.1 Å². The van der Waals surface area contributed by atoms with E-state index in [0.29, 0.717) is 12.5 Å². The molecule has 0 atom stereocenters. The highest BCUT2D eigenvalue weighted by Crippen LogP contribution is 2.20. The molecule has 2 rings (SSSR count). The number of hydrogen-bond donors (Lipinski definition) is 0. The molecule has 0 saturated carbocycles. The number of rotatable bonds is 5. The summed E-state index contributed by atoms with van der Waals surface area (Å²) < 4.78 is 6.01. The van der Waals surface area contributed by atoms with Crippen LogP contribution in [-0.2, 0) is 11.2 Å². The van der Waals surface area contributed by atoms with E-state index in [-0.39, 0.29) is 0 Å². The van der Waals surface area contributed by atoms with Crippen molar-refractivity contribution in [3.05, 3.63) is 29.8 Å². The SMILES string of the molecule is CN1CCC(Oc2cccc(CCC=O)c2)CC1. The van der Waals surface area contributed by atoms with Crippen molar-refractivity contribution in [2.75, 3.05) is 20.1 Å². The largest absolute Gasteiger partial charge is 0.490 e. The maximum atomic E-state index is 10.4. The first-order valence-electron chi connectivity index (χ1n) is 6.65. The van der Waals surface area contributed by atoms with Crippen LogP contribution in [0.3, 0.4) is 0 Å². The summed E-state index contributed by atoms with van der Waals surface area (Å²) in [5, 5.41) is 0. The zero-order valence-corrected chi connectivity index (χ0v) is 11.0. The molecule has 1 aliphatic rings. The monoisotopic (exact) mass is 247 g/mol. The molecule has 1 aromatic carbocycles. The van der Waals surface area contributed by atoms with E-state index in [9.17, 15) is 4.79 Å². The Balaban J connectivity index is 1.90. The number of likely N-dealkylation sites (tertiary alicyclic amines) is 1. The number of benzene rings is 1. The summed E-state index contributed by atoms with van der Waals surface area (Å²) in [7, 11) is 2.15. The van der Waals surface area contributed by atoms with Crippen LogP contribution in [0, 0.1) is 0 Å². The molecule has 0 N–H and O–H groups in total. The first-order valence-corrected chi connectivity index (χ1v) is 6.65. The number of aryl methyl sites for hydroxylation is 1. The van der Waals surface area contributed by atoms with Crippen LogP contribution < -0.4 is 4.74 Å². The summed E-state index contributed by atoms with van der Waals surface area (Å²) in [6, 6.07) is 8.11. The van der Waals surface area contributed by atoms with Crippen molar-refractivity contribution in [1.29, 1.82) is 0 Å². The van der Waals surface area contributed by atoms with Crippen molar-refractivity contribution in [2.45, 2.75) is 31.8 Å². The van der Waals surface area contributed by atoms with Gasteiger partial charge in [-0.3, -0.25) is 0 Å². The standard InChI is InChI=1S/C15H21NO2/c1-16-9-7-14(8-10-16)18-15-6-2-4-13(12-15)5-3-11-17/h2,4,6,11-12,14H,3,5,7-10H2,1H3. The molecule has 0 unspecified atom stereocenters. The first kappa shape index (κ1) is 13.1. The Hall–Kier alpha value is -1.35. The van der Waals surface area contributed by atoms with E-state index in [1.54, 1.807) is 0 Å². The molecule has 1 fully saturated rings. The van der Waals surface area contributed by atoms with Crippen molar-refractivity contribution in [1.82, 2.24) is 4.90 Å². The van der Waals surface area contributed by atoms with E-state index >= 15 is 0 Å². The highest BCUT2D eigenvalue weighted by molar-refractivity contribution is 5.50. The summed E-state index contributed by atoms with van der Waals surface area (Å²) in [6.45, 7) is 2.21. The molecule has 1 saturated heterocycles. The zero-order chi connectivity index (χ0) is 12.8. The lowest BCUT2D eigenvalue weighted by Gasteiger charge is -2.29. The van der Waals surface area contributed by atoms with Crippen LogP contribution in [0.25, 0.3) is 0 Å². The maximum absolute atomic E-state index is 10.4. The van der Waals surface area contributed by atoms with Gasteiger partial charge in [-0.25, -0.2) is 0 Å². The second kappa shape index (κ2) is 6.55. The Morgan fingerprint density at radius 3 is 2.89 bits per heavy atom. The van der Waals surface area contributed by atoms with Crippen LogP contribution in [-0.4, -0.2) is 37.4 Å². The van der Waals surface area contributed by atoms with Crippen molar-refractivity contribution < 1.29 is 9.53 Å². The normalized spacial score (nSPS) is 17.6. The predicted octanol–water partition coefficient (Wildman–Crippen LogP) is 2.29. The van der Waals surface area contributed by atoms with Gasteiger partial charge in [0, 0.05) is 19.5 Å². The molecule has 3 heteroatoms. The average Bonchev–Trinajstić information content (AvgIpc) is 2.40. The van der Waals surface area contributed by atoms with Crippen LogP contribution in [0.4, 0.5) is 0 Å². The van der Waals surface area contributed by atoms with Crippen molar-refractivity contribution in [3.63, 3.8) is 0 Å². The van der Waals surface area contributed by atoms with E-state index in [0.717, 1.165) is 44.4 Å². The fourth-order valence-corrected chi connectivity index (χ4v) is 2.30. The number of carbonyl (C=O) groups excluding carboxylic acids is 1. The molecule has 0 aromatic heterocycles. The van der Waals surface area contributed by atoms with E-state index in [1.165, 1.54) is 5.56 Å². The molecule has 18 heavy (non-hydrogen) atoms. The number of hydrogen-bond acceptors (Lipinski definition) is 3. The third kappa shape index (κ3) is 3.84. The number of aldehydes is 1. The third-order valence-electron chi connectivity index (χ3n) is 3.42. The van der Waals surface area contributed by atoms with Crippen LogP contribution >= 0.6 is 0 Å². The van der Waals surface area contributed by atoms with E-state index in [1.807, 2.05) is 18.2 Å². The fourth-order valence-electron chi connectivity index (χ4n) is 2.30. The molecule has 98 valence electrons. The first-order chi connectivity index (χ1) is 8.78. The van der Waals surface area contributed by atoms with Gasteiger partial charge in [-0.15, -0.1) is 0 Å². The smallest absolute Gasteiger partial charge is 0.120 e. The Bertz CT molecular complexity index is 384. The van der Waals surface area contributed by atoms with E-state index in [4.69, 9.17) is 4.74 Å². The summed E-state index contributed by atoms with van der Waals surface area (Å²) in [4.78, 5) is 12.7. The van der Waals surface area contributed by atoms with Gasteiger partial charge >= 0.3 is 0 Å². The Morgan fingerprint density at radius 2 is 2.17 bits per heavy atom. The predicted molar refractivity (Wildman–Crippen MR) is 72.0 cm³/mol. The molecule has 1 aliphatic heterocycles. The molecular formula is C15H21NO2. The van der Waals surface area contributed by atoms with E-state index in [2.05, 4.69) is 18.0 Å². The summed E-state index contributed by atoms with van der Waals surface area (Å²) in [5.41, 5.74) is 1.17. The highest BCUT2D eigenvalue weighted by atomic mass is 16.5. The van der Waals surface area contributed by atoms with Gasteiger partial charge in [0.05, 0.1) is 0 Å². The van der Waals surface area contributed by atoms with Gasteiger partial charge in [0.15, 0.2) is 0 Å². The Kier molecular flexibility index (Phi) is 4.76. The second-order valence-corrected chi connectivity index (χ2v) is 4.97. The minimum atomic E-state index is 0.336. The third-order valence-corrected chi connectivity index (χ3v) is 3.42. The summed E-state index contributed by atoms with van der Waals surface area (Å²) in [5.74, 6) is 0.938. The molecule has 1 heterocycles. The molecule has 0 amide bonds. The van der Waals surface area contributed by atoms with Crippen molar-refractivity contribution >= 4 is 6.29 Å². The molecular weight excluding hydrogens is 226 g/mol. The molecule has 0 aliphatic carbocycles. The van der Waals surface area contributed by atoms with Gasteiger partial charge < -0.3 is 14.4 Å². The van der Waals surface area contributed by atoms with Gasteiger partial charge in [0.1, 0.15) is 18.1 Å². The molecule has 1 aromatic rings. The summed E-state index contributed by atoms with van der Waals surface area (Å²) >= 11 is 0. The van der Waals surface area contributed by atoms with Gasteiger partial charge in [0.25, 0.3) is 0 Å². The van der Waals surface area contributed by atoms with Crippen LogP contribution in [0.15, 0.2) is 24.3 Å². The number of nitrogens with zero attached hydrogens (tertiary/aromatic N) is 1. The van der Waals surface area contributed by atoms with Crippen molar-refractivity contribution in [2.24, 2.45) is 0 Å². The zero-order valence-electron chi connectivity index (χ0n) is 11.0. The van der Waals surface area contributed by atoms with Crippen LogP contribution in [0.1, 0.15) is 24.8 Å². The lowest BCUT2D eigenvalue weighted by Crippen LogP contribution is -2.35. The lowest BCUT2D eigenvalue weighted by atomic mass is 10.1. The fraction of sp³-hybridized carbons (Fsp3) is 0.533. The van der Waals surface area contributed by atoms with Gasteiger partial charge in [-0.05, 0) is 44.0 Å². The Morgan fingerprint density at radius 1 is 1.39 bits per heavy atom. The average molecular weight is 247 g/mol. The van der Waals surface area contributed by atoms with Gasteiger partial charge in [0.2, 0.25) is 0 Å². The maximum Gasteiger partial charge on any atom is 0.120 e. The van der Waals surface area contributed by atoms with E-state index < -0.39 is 0 Å². The molecule has 3 nitrogen and oxygen atoms in total. The highest BCUT2D eigenvalue weighted by Gasteiger charge is 2.17. The lowest BCUT2D eigenvalue weighted by molar-refractivity contribution is -0.107. The minimum absolute atomic E-state index is 0.336. The molecule has 0 spiro atoms. The van der Waals surface area contributed by atoms with Crippen LogP contribution in [0.5, 0.6) is 5.75 Å². The minimum Gasteiger partial charge on any atom is -0.490 e. The summed E-state index contributed by atoms with van der Waals surface area (Å²) in [6.07, 6.45) is 4.86. The number of ether oxygens (including phenoxy) is 1. The Labute approximate surface area is 109 Å². The molecule has 0 radical (unpaired) electrons. The second-order valence-electron chi connectivity index (χ2n) is 4.97. The number of piperidine rings is 1. The number of carbonyl (C=O) groups is 1. The quantitative estimate of drug-likeness (QED) is 0.748.